The van der Waals surface area contributed by atoms with Crippen molar-refractivity contribution in [3.63, 3.8) is 0 Å². The summed E-state index contributed by atoms with van der Waals surface area (Å²) in [6.07, 6.45) is 0.574. The molecule has 20 heavy (non-hydrogen) atoms. The number of hydrogen-bond donors (Lipinski definition) is 1. The van der Waals surface area contributed by atoms with E-state index in [4.69, 9.17) is 0 Å². The van der Waals surface area contributed by atoms with Gasteiger partial charge in [0.25, 0.3) is 0 Å². The fraction of sp³-hybridized carbons (Fsp3) is 0.643. The van der Waals surface area contributed by atoms with Gasteiger partial charge in [-0.3, -0.25) is 9.59 Å². The molecule has 1 aromatic rings. The molecule has 0 bridgehead atoms. The van der Waals surface area contributed by atoms with E-state index in [9.17, 15) is 9.59 Å². The lowest BCUT2D eigenvalue weighted by molar-refractivity contribution is -0.143. The van der Waals surface area contributed by atoms with Gasteiger partial charge in [0, 0.05) is 4.88 Å². The Labute approximate surface area is 122 Å². The summed E-state index contributed by atoms with van der Waals surface area (Å²) in [5, 5.41) is 3.87. The molecule has 1 aliphatic carbocycles. The van der Waals surface area contributed by atoms with Crippen molar-refractivity contribution in [2.45, 2.75) is 39.7 Å². The highest BCUT2D eigenvalue weighted by Crippen LogP contribution is 2.40. The lowest BCUT2D eigenvalue weighted by Gasteiger charge is -2.24. The molecule has 1 N–H and O–H groups in total. The van der Waals surface area contributed by atoms with Crippen LogP contribution < -0.4 is 5.32 Å². The Hall–Kier alpha value is -1.43. The second-order valence-electron chi connectivity index (χ2n) is 5.75. The Morgan fingerprint density at radius 1 is 1.35 bits per heavy atom. The van der Waals surface area contributed by atoms with Crippen LogP contribution in [0.3, 0.4) is 0 Å². The van der Waals surface area contributed by atoms with Crippen LogP contribution in [-0.2, 0) is 19.9 Å². The predicted octanol–water partition coefficient (Wildman–Crippen LogP) is 1.92. The molecule has 0 aromatic carbocycles. The third-order valence-electron chi connectivity index (χ3n) is 3.63. The molecule has 1 aliphatic rings. The SMILES string of the molecule is COC(=O)[C@H]1C[C@@H]1C(=O)NC(C)(C)c1nc(C)c(C)s1. The van der Waals surface area contributed by atoms with Crippen molar-refractivity contribution in [1.82, 2.24) is 10.3 Å². The van der Waals surface area contributed by atoms with Crippen LogP contribution in [0.4, 0.5) is 0 Å². The maximum absolute atomic E-state index is 12.2. The Kier molecular flexibility index (Phi) is 3.86. The third kappa shape index (κ3) is 2.85. The molecule has 1 saturated carbocycles. The number of methoxy groups -OCH3 is 1. The van der Waals surface area contributed by atoms with Gasteiger partial charge in [0.15, 0.2) is 0 Å². The number of rotatable bonds is 4. The van der Waals surface area contributed by atoms with E-state index in [0.717, 1.165) is 15.6 Å². The van der Waals surface area contributed by atoms with Gasteiger partial charge in [-0.25, -0.2) is 4.98 Å². The van der Waals surface area contributed by atoms with Gasteiger partial charge in [-0.2, -0.15) is 0 Å². The highest BCUT2D eigenvalue weighted by Gasteiger charge is 2.50. The molecule has 0 aliphatic heterocycles. The summed E-state index contributed by atoms with van der Waals surface area (Å²) in [4.78, 5) is 29.2. The van der Waals surface area contributed by atoms with Gasteiger partial charge in [-0.15, -0.1) is 11.3 Å². The van der Waals surface area contributed by atoms with Crippen molar-refractivity contribution in [3.8, 4) is 0 Å². The van der Waals surface area contributed by atoms with Crippen molar-refractivity contribution in [2.75, 3.05) is 7.11 Å². The summed E-state index contributed by atoms with van der Waals surface area (Å²) in [6, 6.07) is 0. The summed E-state index contributed by atoms with van der Waals surface area (Å²) in [5.74, 6) is -0.945. The highest BCUT2D eigenvalue weighted by atomic mass is 32.1. The largest absolute Gasteiger partial charge is 0.469 e. The van der Waals surface area contributed by atoms with E-state index in [0.29, 0.717) is 6.42 Å². The van der Waals surface area contributed by atoms with Gasteiger partial charge in [0.1, 0.15) is 5.01 Å². The second kappa shape index (κ2) is 5.16. The molecule has 1 heterocycles. The van der Waals surface area contributed by atoms with Gasteiger partial charge >= 0.3 is 5.97 Å². The smallest absolute Gasteiger partial charge is 0.309 e. The van der Waals surface area contributed by atoms with Crippen LogP contribution in [0.5, 0.6) is 0 Å². The van der Waals surface area contributed by atoms with Gasteiger partial charge in [-0.05, 0) is 34.1 Å². The molecule has 5 nitrogen and oxygen atoms in total. The second-order valence-corrected chi connectivity index (χ2v) is 6.95. The van der Waals surface area contributed by atoms with Crippen molar-refractivity contribution >= 4 is 23.2 Å². The van der Waals surface area contributed by atoms with Crippen molar-refractivity contribution in [1.29, 1.82) is 0 Å². The van der Waals surface area contributed by atoms with Crippen LogP contribution in [0.25, 0.3) is 0 Å². The zero-order valence-electron chi connectivity index (χ0n) is 12.4. The van der Waals surface area contributed by atoms with E-state index < -0.39 is 5.54 Å². The Morgan fingerprint density at radius 2 is 2.00 bits per heavy atom. The third-order valence-corrected chi connectivity index (χ3v) is 5.03. The van der Waals surface area contributed by atoms with Gasteiger partial charge in [0.2, 0.25) is 5.91 Å². The van der Waals surface area contributed by atoms with Gasteiger partial charge in [-0.1, -0.05) is 0 Å². The van der Waals surface area contributed by atoms with E-state index in [1.807, 2.05) is 27.7 Å². The number of hydrogen-bond acceptors (Lipinski definition) is 5. The average molecular weight is 296 g/mol. The average Bonchev–Trinajstić information content (AvgIpc) is 3.10. The molecule has 0 radical (unpaired) electrons. The van der Waals surface area contributed by atoms with E-state index in [1.165, 1.54) is 7.11 Å². The molecule has 2 rings (SSSR count). The standard InChI is InChI=1S/C14H20N2O3S/c1-7-8(2)20-13(15-7)14(3,4)16-11(17)9-6-10(9)12(18)19-5/h9-10H,6H2,1-5H3,(H,16,17)/t9-,10-/m0/s1. The zero-order valence-corrected chi connectivity index (χ0v) is 13.3. The fourth-order valence-corrected chi connectivity index (χ4v) is 3.06. The van der Waals surface area contributed by atoms with Crippen LogP contribution in [0, 0.1) is 25.7 Å². The molecule has 1 amide bonds. The maximum atomic E-state index is 12.2. The Bertz CT molecular complexity index is 531. The number of carbonyl (C=O) groups excluding carboxylic acids is 2. The molecule has 0 unspecified atom stereocenters. The molecular weight excluding hydrogens is 276 g/mol. The van der Waals surface area contributed by atoms with E-state index >= 15 is 0 Å². The normalized spacial score (nSPS) is 21.4. The molecule has 0 saturated heterocycles. The number of aryl methyl sites for hydroxylation is 2. The quantitative estimate of drug-likeness (QED) is 0.862. The number of thiazole rings is 1. The first-order chi connectivity index (χ1) is 9.26. The van der Waals surface area contributed by atoms with Crippen molar-refractivity contribution in [2.24, 2.45) is 11.8 Å². The first kappa shape index (κ1) is 15.0. The zero-order chi connectivity index (χ0) is 15.1. The van der Waals surface area contributed by atoms with Gasteiger partial charge in [0.05, 0.1) is 30.2 Å². The van der Waals surface area contributed by atoms with Crippen LogP contribution in [0.1, 0.15) is 35.8 Å². The predicted molar refractivity (Wildman–Crippen MR) is 76.4 cm³/mol. The summed E-state index contributed by atoms with van der Waals surface area (Å²) < 4.78 is 4.66. The lowest BCUT2D eigenvalue weighted by atomic mass is 10.1. The number of nitrogens with one attached hydrogen (secondary N) is 1. The van der Waals surface area contributed by atoms with E-state index in [1.54, 1.807) is 11.3 Å². The first-order valence-electron chi connectivity index (χ1n) is 6.60. The van der Waals surface area contributed by atoms with E-state index in [2.05, 4.69) is 15.0 Å². The minimum Gasteiger partial charge on any atom is -0.469 e. The number of ether oxygens (including phenoxy) is 1. The molecular formula is C14H20N2O3S. The lowest BCUT2D eigenvalue weighted by Crippen LogP contribution is -2.42. The molecule has 110 valence electrons. The number of nitrogens with zero attached hydrogens (tertiary/aromatic N) is 1. The number of amides is 1. The summed E-state index contributed by atoms with van der Waals surface area (Å²) in [6.45, 7) is 7.83. The molecule has 2 atom stereocenters. The summed E-state index contributed by atoms with van der Waals surface area (Å²) in [5.41, 5.74) is 0.468. The van der Waals surface area contributed by atoms with Crippen molar-refractivity contribution in [3.05, 3.63) is 15.6 Å². The monoisotopic (exact) mass is 296 g/mol. The van der Waals surface area contributed by atoms with Crippen LogP contribution in [0.2, 0.25) is 0 Å². The number of esters is 1. The topological polar surface area (TPSA) is 68.3 Å². The minimum absolute atomic E-state index is 0.101. The fourth-order valence-electron chi connectivity index (χ4n) is 2.09. The van der Waals surface area contributed by atoms with Crippen molar-refractivity contribution < 1.29 is 14.3 Å². The number of carbonyl (C=O) groups is 2. The first-order valence-corrected chi connectivity index (χ1v) is 7.42. The minimum atomic E-state index is -0.524. The number of aromatic nitrogens is 1. The Balaban J connectivity index is 2.02. The highest BCUT2D eigenvalue weighted by molar-refractivity contribution is 7.11. The summed E-state index contributed by atoms with van der Waals surface area (Å²) >= 11 is 1.59. The maximum Gasteiger partial charge on any atom is 0.309 e. The van der Waals surface area contributed by atoms with E-state index in [-0.39, 0.29) is 23.7 Å². The summed E-state index contributed by atoms with van der Waals surface area (Å²) in [7, 11) is 1.35. The van der Waals surface area contributed by atoms with Crippen LogP contribution in [-0.4, -0.2) is 24.0 Å². The van der Waals surface area contributed by atoms with Crippen LogP contribution >= 0.6 is 11.3 Å². The van der Waals surface area contributed by atoms with Gasteiger partial charge < -0.3 is 10.1 Å². The Morgan fingerprint density at radius 3 is 2.50 bits per heavy atom. The van der Waals surface area contributed by atoms with Crippen LogP contribution in [0.15, 0.2) is 0 Å². The molecule has 1 aromatic heterocycles. The molecule has 0 spiro atoms. The molecule has 6 heteroatoms. The molecule has 1 fully saturated rings.